The summed E-state index contributed by atoms with van der Waals surface area (Å²) >= 11 is 2.47. The molecule has 0 spiro atoms. The van der Waals surface area contributed by atoms with Gasteiger partial charge in [0.15, 0.2) is 17.5 Å². The van der Waals surface area contributed by atoms with Crippen LogP contribution in [-0.2, 0) is 6.42 Å². The summed E-state index contributed by atoms with van der Waals surface area (Å²) in [7, 11) is 0. The topological polar surface area (TPSA) is 65.0 Å². The van der Waals surface area contributed by atoms with Crippen molar-refractivity contribution >= 4 is 77.2 Å². The fourth-order valence-corrected chi connectivity index (χ4v) is 7.92. The minimum atomic E-state index is 0.525. The van der Waals surface area contributed by atoms with Crippen molar-refractivity contribution in [1.82, 2.24) is 15.0 Å². The Morgan fingerprint density at radius 2 is 1.09 bits per heavy atom. The standard InChI is InChI=1S/C47H32IN3O2/c1-28(27-48)23-32-15-7-8-16-35(32)46-49-45(29-11-3-2-4-12-29)50-47(51-46)36-18-10-20-41-44(36)37-25-33(21-22-39(37)52-41)34-17-9-19-40-43(34)38-24-30-13-5-6-14-31(30)26-42(38)53-40/h2-22,24-26,28H,23,27H2,1H3/t28-/m0/s1. The highest BCUT2D eigenvalue weighted by Gasteiger charge is 2.21. The summed E-state index contributed by atoms with van der Waals surface area (Å²) in [6, 6.07) is 50.3. The van der Waals surface area contributed by atoms with Crippen LogP contribution in [0.3, 0.4) is 0 Å². The van der Waals surface area contributed by atoms with E-state index in [2.05, 4.69) is 145 Å². The molecule has 53 heavy (non-hydrogen) atoms. The van der Waals surface area contributed by atoms with Gasteiger partial charge < -0.3 is 8.83 Å². The number of hydrogen-bond acceptors (Lipinski definition) is 5. The van der Waals surface area contributed by atoms with Crippen molar-refractivity contribution in [2.45, 2.75) is 13.3 Å². The maximum atomic E-state index is 6.51. The SMILES string of the molecule is C[C@H](CI)Cc1ccccc1-c1nc(-c2ccccc2)nc(-c2cccc3oc4ccc(-c5cccc6oc7cc8ccccc8cc7c56)cc4c23)n1. The van der Waals surface area contributed by atoms with Gasteiger partial charge in [0, 0.05) is 42.7 Å². The highest BCUT2D eigenvalue weighted by molar-refractivity contribution is 14.1. The molecule has 0 saturated heterocycles. The molecule has 0 aliphatic heterocycles. The Bertz CT molecular complexity index is 3000. The second-order valence-electron chi connectivity index (χ2n) is 13.8. The monoisotopic (exact) mass is 797 g/mol. The van der Waals surface area contributed by atoms with Crippen LogP contribution in [0.2, 0.25) is 0 Å². The molecule has 0 radical (unpaired) electrons. The molecule has 3 heterocycles. The summed E-state index contributed by atoms with van der Waals surface area (Å²) in [5.74, 6) is 2.44. The highest BCUT2D eigenvalue weighted by atomic mass is 127. The van der Waals surface area contributed by atoms with Crippen LogP contribution in [0.25, 0.3) is 99.9 Å². The third-order valence-electron chi connectivity index (χ3n) is 10.2. The van der Waals surface area contributed by atoms with Crippen LogP contribution >= 0.6 is 22.6 Å². The van der Waals surface area contributed by atoms with E-state index in [4.69, 9.17) is 23.8 Å². The summed E-state index contributed by atoms with van der Waals surface area (Å²) in [4.78, 5) is 15.5. The van der Waals surface area contributed by atoms with Crippen LogP contribution in [-0.4, -0.2) is 19.4 Å². The summed E-state index contributed by atoms with van der Waals surface area (Å²) in [5, 5.41) is 6.53. The van der Waals surface area contributed by atoms with Gasteiger partial charge in [-0.15, -0.1) is 0 Å². The second-order valence-corrected chi connectivity index (χ2v) is 14.6. The average Bonchev–Trinajstić information content (AvgIpc) is 3.77. The van der Waals surface area contributed by atoms with Crippen molar-refractivity contribution in [3.05, 3.63) is 151 Å². The van der Waals surface area contributed by atoms with Crippen LogP contribution in [0.1, 0.15) is 12.5 Å². The zero-order valence-electron chi connectivity index (χ0n) is 28.9. The maximum absolute atomic E-state index is 6.51. The molecule has 0 aliphatic carbocycles. The fourth-order valence-electron chi connectivity index (χ4n) is 7.61. The molecule has 0 bridgehead atoms. The van der Waals surface area contributed by atoms with Crippen molar-refractivity contribution < 1.29 is 8.83 Å². The molecular weight excluding hydrogens is 765 g/mol. The lowest BCUT2D eigenvalue weighted by Gasteiger charge is -2.14. The van der Waals surface area contributed by atoms with Gasteiger partial charge in [0.25, 0.3) is 0 Å². The summed E-state index contributed by atoms with van der Waals surface area (Å²) in [6.45, 7) is 2.29. The van der Waals surface area contributed by atoms with Gasteiger partial charge in [-0.1, -0.05) is 139 Å². The molecule has 5 nitrogen and oxygen atoms in total. The number of rotatable bonds is 7. The Kier molecular flexibility index (Phi) is 7.79. The first-order chi connectivity index (χ1) is 26.1. The van der Waals surface area contributed by atoms with Gasteiger partial charge >= 0.3 is 0 Å². The molecule has 3 aromatic heterocycles. The predicted molar refractivity (Wildman–Crippen MR) is 225 cm³/mol. The summed E-state index contributed by atoms with van der Waals surface area (Å²) in [5.41, 5.74) is 9.63. The van der Waals surface area contributed by atoms with Gasteiger partial charge in [-0.3, -0.25) is 0 Å². The van der Waals surface area contributed by atoms with E-state index in [1.807, 2.05) is 30.3 Å². The van der Waals surface area contributed by atoms with E-state index in [1.165, 1.54) is 10.9 Å². The molecular formula is C47H32IN3O2. The van der Waals surface area contributed by atoms with Crippen molar-refractivity contribution in [2.75, 3.05) is 4.43 Å². The van der Waals surface area contributed by atoms with Crippen LogP contribution in [0.15, 0.2) is 154 Å². The smallest absolute Gasteiger partial charge is 0.164 e. The van der Waals surface area contributed by atoms with Gasteiger partial charge in [0.2, 0.25) is 0 Å². The third kappa shape index (κ3) is 5.56. The molecule has 0 fully saturated rings. The lowest BCUT2D eigenvalue weighted by Crippen LogP contribution is -2.05. The molecule has 254 valence electrons. The minimum Gasteiger partial charge on any atom is -0.456 e. The number of hydrogen-bond donors (Lipinski definition) is 0. The van der Waals surface area contributed by atoms with E-state index in [0.717, 1.165) is 87.9 Å². The average molecular weight is 798 g/mol. The van der Waals surface area contributed by atoms with Crippen LogP contribution in [0.5, 0.6) is 0 Å². The van der Waals surface area contributed by atoms with Gasteiger partial charge in [-0.25, -0.2) is 15.0 Å². The first kappa shape index (κ1) is 31.8. The Labute approximate surface area is 319 Å². The Hall–Kier alpha value is -5.86. The Balaban J connectivity index is 1.19. The molecule has 7 aromatic carbocycles. The molecule has 10 rings (SSSR count). The van der Waals surface area contributed by atoms with Gasteiger partial charge in [-0.2, -0.15) is 0 Å². The molecule has 0 unspecified atom stereocenters. The van der Waals surface area contributed by atoms with Crippen molar-refractivity contribution in [2.24, 2.45) is 5.92 Å². The van der Waals surface area contributed by atoms with E-state index < -0.39 is 0 Å². The van der Waals surface area contributed by atoms with Crippen LogP contribution < -0.4 is 0 Å². The lowest BCUT2D eigenvalue weighted by atomic mass is 9.96. The molecule has 1 atom stereocenters. The number of nitrogens with zero attached hydrogens (tertiary/aromatic N) is 3. The quantitative estimate of drug-likeness (QED) is 0.119. The van der Waals surface area contributed by atoms with Gasteiger partial charge in [0.1, 0.15) is 22.3 Å². The molecule has 0 saturated carbocycles. The second kappa shape index (κ2) is 13.0. The van der Waals surface area contributed by atoms with Crippen LogP contribution in [0.4, 0.5) is 0 Å². The number of benzene rings is 7. The minimum absolute atomic E-state index is 0.525. The molecule has 0 N–H and O–H groups in total. The molecule has 6 heteroatoms. The number of aromatic nitrogens is 3. The zero-order valence-corrected chi connectivity index (χ0v) is 31.0. The Morgan fingerprint density at radius 1 is 0.491 bits per heavy atom. The van der Waals surface area contributed by atoms with E-state index in [0.29, 0.717) is 23.4 Å². The Morgan fingerprint density at radius 3 is 1.89 bits per heavy atom. The number of halogens is 1. The molecule has 0 amide bonds. The largest absolute Gasteiger partial charge is 0.456 e. The lowest BCUT2D eigenvalue weighted by molar-refractivity contribution is 0.668. The third-order valence-corrected chi connectivity index (χ3v) is 11.7. The van der Waals surface area contributed by atoms with Gasteiger partial charge in [0.05, 0.1) is 0 Å². The van der Waals surface area contributed by atoms with E-state index in [1.54, 1.807) is 0 Å². The van der Waals surface area contributed by atoms with Crippen molar-refractivity contribution in [3.63, 3.8) is 0 Å². The summed E-state index contributed by atoms with van der Waals surface area (Å²) in [6.07, 6.45) is 0.945. The molecule has 10 aromatic rings. The van der Waals surface area contributed by atoms with Gasteiger partial charge in [-0.05, 0) is 76.2 Å². The van der Waals surface area contributed by atoms with Crippen LogP contribution in [0, 0.1) is 5.92 Å². The fraction of sp³-hybridized carbons (Fsp3) is 0.0851. The number of alkyl halides is 1. The van der Waals surface area contributed by atoms with E-state index in [-0.39, 0.29) is 0 Å². The number of furan rings is 2. The van der Waals surface area contributed by atoms with Crippen molar-refractivity contribution in [3.8, 4) is 45.3 Å². The predicted octanol–water partition coefficient (Wildman–Crippen LogP) is 13.1. The maximum Gasteiger partial charge on any atom is 0.164 e. The molecule has 0 aliphatic rings. The first-order valence-electron chi connectivity index (χ1n) is 17.9. The normalized spacial score (nSPS) is 12.4. The number of fused-ring (bicyclic) bond motifs is 7. The first-order valence-corrected chi connectivity index (χ1v) is 19.4. The highest BCUT2D eigenvalue weighted by Crippen LogP contribution is 2.42. The van der Waals surface area contributed by atoms with E-state index in [9.17, 15) is 0 Å². The van der Waals surface area contributed by atoms with Crippen molar-refractivity contribution in [1.29, 1.82) is 0 Å². The zero-order chi connectivity index (χ0) is 35.5. The van der Waals surface area contributed by atoms with E-state index >= 15 is 0 Å². The summed E-state index contributed by atoms with van der Waals surface area (Å²) < 4.78 is 14.0.